The van der Waals surface area contributed by atoms with Crippen LogP contribution in [0, 0.1) is 0 Å². The van der Waals surface area contributed by atoms with Gasteiger partial charge in [-0.2, -0.15) is 0 Å². The van der Waals surface area contributed by atoms with Crippen LogP contribution in [0.5, 0.6) is 0 Å². The molecule has 0 aliphatic heterocycles. The molecule has 2 nitrogen and oxygen atoms in total. The zero-order chi connectivity index (χ0) is 9.19. The van der Waals surface area contributed by atoms with Crippen LogP contribution < -0.4 is 0 Å². The van der Waals surface area contributed by atoms with E-state index in [1.807, 2.05) is 0 Å². The Labute approximate surface area is 83.7 Å². The summed E-state index contributed by atoms with van der Waals surface area (Å²) in [5.74, 6) is 0.391. The highest BCUT2D eigenvalue weighted by molar-refractivity contribution is 9.47. The summed E-state index contributed by atoms with van der Waals surface area (Å²) in [5, 5.41) is 0. The fourth-order valence-electron chi connectivity index (χ4n) is 0.741. The normalized spacial score (nSPS) is 11.5. The van der Waals surface area contributed by atoms with E-state index in [9.17, 15) is 8.42 Å². The van der Waals surface area contributed by atoms with E-state index in [1.54, 1.807) is 12.1 Å². The number of hydrogen-bond donors (Lipinski definition) is 0. The largest absolute Gasteiger partial charge is 0.237 e. The lowest BCUT2D eigenvalue weighted by molar-refractivity contribution is 0.611. The summed E-state index contributed by atoms with van der Waals surface area (Å²) >= 11 is 8.10. The van der Waals surface area contributed by atoms with Crippen LogP contribution in [-0.2, 0) is 14.2 Å². The Hall–Kier alpha value is -0.0600. The molecule has 0 radical (unpaired) electrons. The van der Waals surface area contributed by atoms with E-state index >= 15 is 0 Å². The Morgan fingerprint density at radius 1 is 1.25 bits per heavy atom. The van der Waals surface area contributed by atoms with E-state index in [1.165, 1.54) is 12.1 Å². The van der Waals surface area contributed by atoms with Crippen LogP contribution in [0.2, 0.25) is 0 Å². The van der Waals surface area contributed by atoms with Crippen molar-refractivity contribution in [1.29, 1.82) is 0 Å². The summed E-state index contributed by atoms with van der Waals surface area (Å²) in [7, 11) is -3.26. The average molecular weight is 270 g/mol. The van der Waals surface area contributed by atoms with Crippen molar-refractivity contribution in [2.75, 3.05) is 0 Å². The molecule has 0 fully saturated rings. The fourth-order valence-corrected chi connectivity index (χ4v) is 2.03. The van der Waals surface area contributed by atoms with Crippen molar-refractivity contribution in [3.8, 4) is 0 Å². The third kappa shape index (κ3) is 2.47. The Morgan fingerprint density at radius 3 is 2.08 bits per heavy atom. The number of halogens is 2. The van der Waals surface area contributed by atoms with Crippen LogP contribution in [0.15, 0.2) is 29.2 Å². The van der Waals surface area contributed by atoms with Crippen molar-refractivity contribution in [3.05, 3.63) is 29.8 Å². The van der Waals surface area contributed by atoms with Gasteiger partial charge in [0.1, 0.15) is 0 Å². The zero-order valence-electron chi connectivity index (χ0n) is 6.00. The molecule has 12 heavy (non-hydrogen) atoms. The quantitative estimate of drug-likeness (QED) is 0.611. The van der Waals surface area contributed by atoms with E-state index in [4.69, 9.17) is 11.6 Å². The number of benzene rings is 1. The predicted octanol–water partition coefficient (Wildman–Crippen LogP) is 2.51. The molecule has 1 aromatic carbocycles. The van der Waals surface area contributed by atoms with Crippen molar-refractivity contribution in [2.45, 2.75) is 10.8 Å². The summed E-state index contributed by atoms with van der Waals surface area (Å²) in [4.78, 5) is 0.247. The Balaban J connectivity index is 3.09. The molecule has 66 valence electrons. The molecular weight excluding hydrogens is 263 g/mol. The average Bonchev–Trinajstić information content (AvgIpc) is 2.03. The monoisotopic (exact) mass is 268 g/mol. The van der Waals surface area contributed by atoms with Crippen LogP contribution in [0.1, 0.15) is 5.56 Å². The van der Waals surface area contributed by atoms with Gasteiger partial charge >= 0.3 is 0 Å². The second kappa shape index (κ2) is 3.77. The summed E-state index contributed by atoms with van der Waals surface area (Å²) in [6.07, 6.45) is 0. The standard InChI is InChI=1S/C7H6BrClO2S/c8-12(10,11)7-3-1-6(5-9)2-4-7/h1-4H,5H2. The predicted molar refractivity (Wildman–Crippen MR) is 52.1 cm³/mol. The number of hydrogen-bond acceptors (Lipinski definition) is 2. The number of alkyl halides is 1. The third-order valence-corrected chi connectivity index (χ3v) is 3.62. The van der Waals surface area contributed by atoms with Crippen molar-refractivity contribution < 1.29 is 8.42 Å². The highest BCUT2D eigenvalue weighted by atomic mass is 79.9. The molecule has 0 aliphatic carbocycles. The van der Waals surface area contributed by atoms with Crippen molar-refractivity contribution in [1.82, 2.24) is 0 Å². The smallest absolute Gasteiger partial charge is 0.212 e. The summed E-state index contributed by atoms with van der Waals surface area (Å²) in [6.45, 7) is 0. The van der Waals surface area contributed by atoms with Gasteiger partial charge in [0.25, 0.3) is 0 Å². The van der Waals surface area contributed by atoms with Crippen molar-refractivity contribution in [2.24, 2.45) is 0 Å². The van der Waals surface area contributed by atoms with Crippen LogP contribution in [0.4, 0.5) is 0 Å². The van der Waals surface area contributed by atoms with Gasteiger partial charge in [-0.05, 0) is 17.7 Å². The Kier molecular flexibility index (Phi) is 3.15. The first kappa shape index (κ1) is 10.0. The minimum absolute atomic E-state index is 0.247. The molecule has 0 bridgehead atoms. The topological polar surface area (TPSA) is 34.1 Å². The van der Waals surface area contributed by atoms with Gasteiger partial charge in [-0.1, -0.05) is 12.1 Å². The number of rotatable bonds is 2. The molecule has 0 N–H and O–H groups in total. The van der Waals surface area contributed by atoms with Gasteiger partial charge in [0.2, 0.25) is 8.27 Å². The van der Waals surface area contributed by atoms with Gasteiger partial charge < -0.3 is 0 Å². The molecule has 0 aliphatic rings. The molecule has 0 amide bonds. The van der Waals surface area contributed by atoms with E-state index in [0.29, 0.717) is 5.88 Å². The van der Waals surface area contributed by atoms with E-state index in [0.717, 1.165) is 5.56 Å². The molecule has 0 saturated carbocycles. The zero-order valence-corrected chi connectivity index (χ0v) is 9.16. The lowest BCUT2D eigenvalue weighted by Crippen LogP contribution is -1.89. The van der Waals surface area contributed by atoms with Crippen LogP contribution >= 0.6 is 26.4 Å². The first-order chi connectivity index (χ1) is 5.54. The molecule has 0 saturated heterocycles. The van der Waals surface area contributed by atoms with Crippen LogP contribution in [0.3, 0.4) is 0 Å². The minimum Gasteiger partial charge on any atom is -0.212 e. The van der Waals surface area contributed by atoms with Gasteiger partial charge in [0.15, 0.2) is 0 Å². The SMILES string of the molecule is O=S(=O)(Br)c1ccc(CCl)cc1. The second-order valence-electron chi connectivity index (χ2n) is 2.22. The molecule has 0 atom stereocenters. The molecule has 0 unspecified atom stereocenters. The fraction of sp³-hybridized carbons (Fsp3) is 0.143. The van der Waals surface area contributed by atoms with Crippen LogP contribution in [0.25, 0.3) is 0 Å². The maximum atomic E-state index is 10.9. The van der Waals surface area contributed by atoms with Crippen LogP contribution in [-0.4, -0.2) is 8.42 Å². The highest BCUT2D eigenvalue weighted by Crippen LogP contribution is 2.17. The molecule has 0 heterocycles. The molecule has 1 aromatic rings. The highest BCUT2D eigenvalue weighted by Gasteiger charge is 2.07. The van der Waals surface area contributed by atoms with Crippen molar-refractivity contribution >= 4 is 34.7 Å². The molecular formula is C7H6BrClO2S. The lowest BCUT2D eigenvalue weighted by atomic mass is 10.2. The van der Waals surface area contributed by atoms with Gasteiger partial charge in [0, 0.05) is 5.88 Å². The van der Waals surface area contributed by atoms with E-state index in [2.05, 4.69) is 14.8 Å². The van der Waals surface area contributed by atoms with Gasteiger partial charge in [0.05, 0.1) is 19.7 Å². The first-order valence-electron chi connectivity index (χ1n) is 3.13. The first-order valence-corrected chi connectivity index (χ1v) is 6.99. The van der Waals surface area contributed by atoms with Gasteiger partial charge in [-0.15, -0.1) is 11.6 Å². The minimum atomic E-state index is -3.26. The third-order valence-electron chi connectivity index (χ3n) is 1.36. The Morgan fingerprint density at radius 2 is 1.75 bits per heavy atom. The Bertz CT molecular complexity index is 357. The van der Waals surface area contributed by atoms with E-state index in [-0.39, 0.29) is 4.90 Å². The molecule has 0 spiro atoms. The maximum Gasteiger partial charge on any atom is 0.237 e. The second-order valence-corrected chi connectivity index (χ2v) is 6.39. The van der Waals surface area contributed by atoms with Gasteiger partial charge in [-0.3, -0.25) is 0 Å². The summed E-state index contributed by atoms with van der Waals surface area (Å²) in [5.41, 5.74) is 0.900. The van der Waals surface area contributed by atoms with Crippen molar-refractivity contribution in [3.63, 3.8) is 0 Å². The van der Waals surface area contributed by atoms with E-state index < -0.39 is 8.27 Å². The maximum absolute atomic E-state index is 10.9. The lowest BCUT2D eigenvalue weighted by Gasteiger charge is -1.97. The molecule has 0 aromatic heterocycles. The summed E-state index contributed by atoms with van der Waals surface area (Å²) < 4.78 is 21.8. The van der Waals surface area contributed by atoms with Gasteiger partial charge in [-0.25, -0.2) is 8.42 Å². The molecule has 5 heteroatoms. The molecule has 1 rings (SSSR count). The summed E-state index contributed by atoms with van der Waals surface area (Å²) in [6, 6.07) is 6.39.